The SMILES string of the molecule is Cc1nc2cc(NC(=O)c3cccc(S(=O)(=O)N(C)C(C)C)c3)ccc2o1. The van der Waals surface area contributed by atoms with E-state index in [-0.39, 0.29) is 16.5 Å². The van der Waals surface area contributed by atoms with Gasteiger partial charge in [-0.3, -0.25) is 4.79 Å². The summed E-state index contributed by atoms with van der Waals surface area (Å²) >= 11 is 0. The van der Waals surface area contributed by atoms with Crippen molar-refractivity contribution in [3.05, 3.63) is 53.9 Å². The van der Waals surface area contributed by atoms with Crippen molar-refractivity contribution in [3.63, 3.8) is 0 Å². The van der Waals surface area contributed by atoms with Crippen LogP contribution in [0, 0.1) is 6.92 Å². The largest absolute Gasteiger partial charge is 0.441 e. The second kappa shape index (κ2) is 7.13. The van der Waals surface area contributed by atoms with E-state index in [1.807, 2.05) is 0 Å². The Morgan fingerprint density at radius 3 is 2.63 bits per heavy atom. The first-order valence-corrected chi connectivity index (χ1v) is 9.89. The Morgan fingerprint density at radius 1 is 1.19 bits per heavy atom. The molecule has 0 radical (unpaired) electrons. The Kier molecular flexibility index (Phi) is 5.03. The number of anilines is 1. The Bertz CT molecular complexity index is 1100. The fourth-order valence-corrected chi connectivity index (χ4v) is 3.98. The first-order chi connectivity index (χ1) is 12.7. The molecule has 27 heavy (non-hydrogen) atoms. The van der Waals surface area contributed by atoms with Crippen LogP contribution in [-0.2, 0) is 10.0 Å². The van der Waals surface area contributed by atoms with Crippen molar-refractivity contribution >= 4 is 32.7 Å². The van der Waals surface area contributed by atoms with Crippen LogP contribution in [0.1, 0.15) is 30.1 Å². The van der Waals surface area contributed by atoms with Gasteiger partial charge in [-0.05, 0) is 50.2 Å². The van der Waals surface area contributed by atoms with E-state index in [1.165, 1.54) is 23.5 Å². The lowest BCUT2D eigenvalue weighted by molar-refractivity contribution is 0.102. The van der Waals surface area contributed by atoms with Crippen LogP contribution in [0.5, 0.6) is 0 Å². The van der Waals surface area contributed by atoms with Crippen LogP contribution in [-0.4, -0.2) is 36.7 Å². The van der Waals surface area contributed by atoms with Crippen molar-refractivity contribution in [1.29, 1.82) is 0 Å². The monoisotopic (exact) mass is 387 g/mol. The molecule has 1 heterocycles. The van der Waals surface area contributed by atoms with Gasteiger partial charge >= 0.3 is 0 Å². The normalized spacial score (nSPS) is 12.1. The van der Waals surface area contributed by atoms with Crippen molar-refractivity contribution in [2.45, 2.75) is 31.7 Å². The van der Waals surface area contributed by atoms with Gasteiger partial charge in [0.1, 0.15) is 5.52 Å². The summed E-state index contributed by atoms with van der Waals surface area (Å²) in [5, 5.41) is 2.76. The lowest BCUT2D eigenvalue weighted by atomic mass is 10.2. The van der Waals surface area contributed by atoms with Crippen LogP contribution >= 0.6 is 0 Å². The van der Waals surface area contributed by atoms with E-state index in [4.69, 9.17) is 4.42 Å². The number of fused-ring (bicyclic) bond motifs is 1. The van der Waals surface area contributed by atoms with E-state index >= 15 is 0 Å². The van der Waals surface area contributed by atoms with Crippen molar-refractivity contribution in [2.75, 3.05) is 12.4 Å². The van der Waals surface area contributed by atoms with Crippen LogP contribution in [0.15, 0.2) is 51.8 Å². The number of rotatable bonds is 5. The van der Waals surface area contributed by atoms with E-state index in [0.29, 0.717) is 22.7 Å². The maximum atomic E-state index is 12.6. The third kappa shape index (κ3) is 3.86. The van der Waals surface area contributed by atoms with Crippen molar-refractivity contribution in [1.82, 2.24) is 9.29 Å². The number of carbonyl (C=O) groups excluding carboxylic acids is 1. The maximum Gasteiger partial charge on any atom is 0.255 e. The molecule has 1 aromatic heterocycles. The molecule has 2 aromatic carbocycles. The molecule has 0 aliphatic carbocycles. The highest BCUT2D eigenvalue weighted by molar-refractivity contribution is 7.89. The number of hydrogen-bond acceptors (Lipinski definition) is 5. The number of sulfonamides is 1. The van der Waals surface area contributed by atoms with Gasteiger partial charge in [0, 0.05) is 31.3 Å². The number of benzene rings is 2. The molecule has 0 saturated heterocycles. The predicted octanol–water partition coefficient (Wildman–Crippen LogP) is 3.42. The minimum absolute atomic E-state index is 0.0777. The number of oxazole rings is 1. The first kappa shape index (κ1) is 19.1. The number of carbonyl (C=O) groups is 1. The standard InChI is InChI=1S/C19H21N3O4S/c1-12(2)22(4)27(24,25)16-7-5-6-14(10-16)19(23)21-15-8-9-18-17(11-15)20-13(3)26-18/h5-12H,1-4H3,(H,21,23). The molecule has 0 aliphatic rings. The van der Waals surface area contributed by atoms with E-state index in [9.17, 15) is 13.2 Å². The molecular formula is C19H21N3O4S. The summed E-state index contributed by atoms with van der Waals surface area (Å²) in [5.41, 5.74) is 2.08. The molecular weight excluding hydrogens is 366 g/mol. The van der Waals surface area contributed by atoms with Crippen LogP contribution in [0.4, 0.5) is 5.69 Å². The summed E-state index contributed by atoms with van der Waals surface area (Å²) in [5.74, 6) is 0.138. The molecule has 0 fully saturated rings. The highest BCUT2D eigenvalue weighted by Crippen LogP contribution is 2.21. The Balaban J connectivity index is 1.86. The number of nitrogens with one attached hydrogen (secondary N) is 1. The van der Waals surface area contributed by atoms with Gasteiger partial charge in [-0.25, -0.2) is 13.4 Å². The zero-order valence-corrected chi connectivity index (χ0v) is 16.4. The summed E-state index contributed by atoms with van der Waals surface area (Å²) in [6.07, 6.45) is 0. The third-order valence-corrected chi connectivity index (χ3v) is 6.28. The number of amides is 1. The van der Waals surface area contributed by atoms with E-state index < -0.39 is 15.9 Å². The molecule has 0 atom stereocenters. The first-order valence-electron chi connectivity index (χ1n) is 8.45. The lowest BCUT2D eigenvalue weighted by Gasteiger charge is -2.21. The Hall–Kier alpha value is -2.71. The van der Waals surface area contributed by atoms with Gasteiger partial charge in [-0.15, -0.1) is 0 Å². The second-order valence-electron chi connectivity index (χ2n) is 6.51. The Morgan fingerprint density at radius 2 is 1.93 bits per heavy atom. The van der Waals surface area contributed by atoms with Crippen LogP contribution in [0.2, 0.25) is 0 Å². The molecule has 0 saturated carbocycles. The van der Waals surface area contributed by atoms with Gasteiger partial charge in [-0.2, -0.15) is 4.31 Å². The summed E-state index contributed by atoms with van der Waals surface area (Å²) < 4.78 is 31.9. The summed E-state index contributed by atoms with van der Waals surface area (Å²) in [6.45, 7) is 5.32. The average molecular weight is 387 g/mol. The molecule has 3 aromatic rings. The molecule has 8 heteroatoms. The van der Waals surface area contributed by atoms with E-state index in [0.717, 1.165) is 0 Å². The van der Waals surface area contributed by atoms with Gasteiger partial charge in [0.05, 0.1) is 4.90 Å². The van der Waals surface area contributed by atoms with Crippen LogP contribution in [0.25, 0.3) is 11.1 Å². The highest BCUT2D eigenvalue weighted by atomic mass is 32.2. The van der Waals surface area contributed by atoms with E-state index in [1.54, 1.807) is 51.1 Å². The molecule has 0 spiro atoms. The highest BCUT2D eigenvalue weighted by Gasteiger charge is 2.24. The topological polar surface area (TPSA) is 92.5 Å². The van der Waals surface area contributed by atoms with Crippen molar-refractivity contribution in [3.8, 4) is 0 Å². The van der Waals surface area contributed by atoms with Crippen LogP contribution in [0.3, 0.4) is 0 Å². The summed E-state index contributed by atoms with van der Waals surface area (Å²) in [6, 6.07) is 10.9. The fourth-order valence-electron chi connectivity index (χ4n) is 2.57. The predicted molar refractivity (Wildman–Crippen MR) is 103 cm³/mol. The molecule has 0 unspecified atom stereocenters. The van der Waals surface area contributed by atoms with Gasteiger partial charge < -0.3 is 9.73 Å². The number of hydrogen-bond donors (Lipinski definition) is 1. The minimum Gasteiger partial charge on any atom is -0.441 e. The fraction of sp³-hybridized carbons (Fsp3) is 0.263. The number of aryl methyl sites for hydroxylation is 1. The molecule has 1 N–H and O–H groups in total. The van der Waals surface area contributed by atoms with Crippen LogP contribution < -0.4 is 5.32 Å². The Labute approximate surface area is 158 Å². The summed E-state index contributed by atoms with van der Waals surface area (Å²) in [7, 11) is -2.15. The summed E-state index contributed by atoms with van der Waals surface area (Å²) in [4.78, 5) is 16.9. The second-order valence-corrected chi connectivity index (χ2v) is 8.51. The molecule has 7 nitrogen and oxygen atoms in total. The zero-order chi connectivity index (χ0) is 19.8. The third-order valence-electron chi connectivity index (χ3n) is 4.25. The molecule has 142 valence electrons. The molecule has 3 rings (SSSR count). The van der Waals surface area contributed by atoms with Gasteiger partial charge in [-0.1, -0.05) is 6.07 Å². The lowest BCUT2D eigenvalue weighted by Crippen LogP contribution is -2.33. The van der Waals surface area contributed by atoms with Crippen molar-refractivity contribution in [2.24, 2.45) is 0 Å². The number of aromatic nitrogens is 1. The molecule has 0 aliphatic heterocycles. The molecule has 0 bridgehead atoms. The maximum absolute atomic E-state index is 12.6. The van der Waals surface area contributed by atoms with E-state index in [2.05, 4.69) is 10.3 Å². The smallest absolute Gasteiger partial charge is 0.255 e. The average Bonchev–Trinajstić information content (AvgIpc) is 3.00. The minimum atomic E-state index is -3.66. The zero-order valence-electron chi connectivity index (χ0n) is 15.6. The molecule has 1 amide bonds. The van der Waals surface area contributed by atoms with Crippen molar-refractivity contribution < 1.29 is 17.6 Å². The quantitative estimate of drug-likeness (QED) is 0.724. The van der Waals surface area contributed by atoms with Gasteiger partial charge in [0.25, 0.3) is 5.91 Å². The van der Waals surface area contributed by atoms with Gasteiger partial charge in [0.15, 0.2) is 11.5 Å². The number of nitrogens with zero attached hydrogens (tertiary/aromatic N) is 2. The van der Waals surface area contributed by atoms with Gasteiger partial charge in [0.2, 0.25) is 10.0 Å².